The van der Waals surface area contributed by atoms with E-state index in [9.17, 15) is 0 Å². The van der Waals surface area contributed by atoms with Crippen molar-refractivity contribution in [2.24, 2.45) is 4.99 Å². The predicted molar refractivity (Wildman–Crippen MR) is 131 cm³/mol. The zero-order valence-corrected chi connectivity index (χ0v) is 19.9. The van der Waals surface area contributed by atoms with E-state index >= 15 is 0 Å². The Morgan fingerprint density at radius 1 is 1.10 bits per heavy atom. The molecule has 158 valence electrons. The third kappa shape index (κ3) is 4.77. The van der Waals surface area contributed by atoms with Gasteiger partial charge in [0, 0.05) is 31.3 Å². The summed E-state index contributed by atoms with van der Waals surface area (Å²) in [6.45, 7) is 5.51. The van der Waals surface area contributed by atoms with Gasteiger partial charge in [-0.3, -0.25) is 4.99 Å². The Morgan fingerprint density at radius 2 is 1.83 bits per heavy atom. The molecule has 2 heterocycles. The van der Waals surface area contributed by atoms with E-state index in [-0.39, 0.29) is 30.1 Å². The van der Waals surface area contributed by atoms with Crippen molar-refractivity contribution in [1.29, 1.82) is 0 Å². The average molecular weight is 517 g/mol. The number of nitrogens with zero attached hydrogens (tertiary/aromatic N) is 3. The van der Waals surface area contributed by atoms with E-state index in [0.717, 1.165) is 35.2 Å². The highest BCUT2D eigenvalue weighted by molar-refractivity contribution is 14.0. The van der Waals surface area contributed by atoms with Crippen LogP contribution in [0, 0.1) is 13.8 Å². The molecule has 0 fully saturated rings. The van der Waals surface area contributed by atoms with Crippen molar-refractivity contribution in [3.63, 3.8) is 0 Å². The Kier molecular flexibility index (Phi) is 7.36. The molecule has 1 atom stereocenters. The van der Waals surface area contributed by atoms with Gasteiger partial charge in [0.25, 0.3) is 0 Å². The summed E-state index contributed by atoms with van der Waals surface area (Å²) < 4.78 is 7.99. The highest BCUT2D eigenvalue weighted by atomic mass is 127. The molecule has 6 nitrogen and oxygen atoms in total. The van der Waals surface area contributed by atoms with Gasteiger partial charge < -0.3 is 15.4 Å². The van der Waals surface area contributed by atoms with E-state index in [0.29, 0.717) is 13.1 Å². The largest absolute Gasteiger partial charge is 0.488 e. The minimum Gasteiger partial charge on any atom is -0.488 e. The van der Waals surface area contributed by atoms with Crippen molar-refractivity contribution < 1.29 is 4.74 Å². The summed E-state index contributed by atoms with van der Waals surface area (Å²) in [6, 6.07) is 18.4. The van der Waals surface area contributed by atoms with Gasteiger partial charge in [0.1, 0.15) is 11.9 Å². The van der Waals surface area contributed by atoms with Crippen LogP contribution in [0.25, 0.3) is 5.69 Å². The zero-order chi connectivity index (χ0) is 20.2. The van der Waals surface area contributed by atoms with Gasteiger partial charge >= 0.3 is 0 Å². The van der Waals surface area contributed by atoms with Gasteiger partial charge in [0.2, 0.25) is 0 Å². The highest BCUT2D eigenvalue weighted by Crippen LogP contribution is 2.27. The second-order valence-electron chi connectivity index (χ2n) is 7.26. The summed E-state index contributed by atoms with van der Waals surface area (Å²) >= 11 is 0. The molecule has 1 aliphatic heterocycles. The molecular formula is C23H28IN5O. The summed E-state index contributed by atoms with van der Waals surface area (Å²) in [6.07, 6.45) is 1.04. The lowest BCUT2D eigenvalue weighted by atomic mass is 10.1. The van der Waals surface area contributed by atoms with Crippen LogP contribution in [0.3, 0.4) is 0 Å². The summed E-state index contributed by atoms with van der Waals surface area (Å²) in [5.41, 5.74) is 5.66. The van der Waals surface area contributed by atoms with Crippen LogP contribution < -0.4 is 15.4 Å². The van der Waals surface area contributed by atoms with Crippen LogP contribution in [-0.2, 0) is 13.0 Å². The minimum absolute atomic E-state index is 0. The number of para-hydroxylation sites is 2. The van der Waals surface area contributed by atoms with Crippen LogP contribution in [0.2, 0.25) is 0 Å². The third-order valence-electron chi connectivity index (χ3n) is 5.31. The Balaban J connectivity index is 0.00000256. The van der Waals surface area contributed by atoms with Crippen LogP contribution in [0.15, 0.2) is 59.6 Å². The van der Waals surface area contributed by atoms with Crippen LogP contribution in [0.5, 0.6) is 5.75 Å². The second-order valence-corrected chi connectivity index (χ2v) is 7.26. The molecule has 2 N–H and O–H groups in total. The predicted octanol–water partition coefficient (Wildman–Crippen LogP) is 3.78. The number of guanidine groups is 1. The number of aliphatic imine (C=N–C) groups is 1. The van der Waals surface area contributed by atoms with Crippen molar-refractivity contribution in [2.45, 2.75) is 32.9 Å². The van der Waals surface area contributed by atoms with Crippen molar-refractivity contribution in [3.8, 4) is 11.4 Å². The third-order valence-corrected chi connectivity index (χ3v) is 5.31. The lowest BCUT2D eigenvalue weighted by Gasteiger charge is -2.16. The summed E-state index contributed by atoms with van der Waals surface area (Å²) in [5.74, 6) is 1.75. The number of aromatic nitrogens is 2. The van der Waals surface area contributed by atoms with E-state index in [1.807, 2.05) is 41.9 Å². The first-order chi connectivity index (χ1) is 14.2. The SMILES string of the molecule is CN=C(NCc1c(C)nn(-c2ccccc2)c1C)NCC1Cc2ccccc2O1.I. The van der Waals surface area contributed by atoms with E-state index in [1.54, 1.807) is 7.05 Å². The molecule has 7 heteroatoms. The molecule has 0 spiro atoms. The number of halogens is 1. The Hall–Kier alpha value is -2.55. The molecule has 0 bridgehead atoms. The van der Waals surface area contributed by atoms with E-state index < -0.39 is 0 Å². The maximum absolute atomic E-state index is 6.00. The van der Waals surface area contributed by atoms with Crippen molar-refractivity contribution in [1.82, 2.24) is 20.4 Å². The fourth-order valence-corrected chi connectivity index (χ4v) is 3.72. The number of ether oxygens (including phenoxy) is 1. The Bertz CT molecular complexity index is 991. The van der Waals surface area contributed by atoms with Gasteiger partial charge in [-0.25, -0.2) is 4.68 Å². The van der Waals surface area contributed by atoms with Crippen molar-refractivity contribution >= 4 is 29.9 Å². The van der Waals surface area contributed by atoms with Gasteiger partial charge in [-0.1, -0.05) is 36.4 Å². The highest BCUT2D eigenvalue weighted by Gasteiger charge is 2.22. The molecule has 0 amide bonds. The molecule has 1 unspecified atom stereocenters. The van der Waals surface area contributed by atoms with Crippen LogP contribution >= 0.6 is 24.0 Å². The van der Waals surface area contributed by atoms with Gasteiger partial charge in [0.15, 0.2) is 5.96 Å². The number of fused-ring (bicyclic) bond motifs is 1. The van der Waals surface area contributed by atoms with Gasteiger partial charge in [0.05, 0.1) is 17.9 Å². The Labute approximate surface area is 194 Å². The number of benzene rings is 2. The summed E-state index contributed by atoms with van der Waals surface area (Å²) in [7, 11) is 1.78. The minimum atomic E-state index is 0. The molecule has 0 saturated carbocycles. The van der Waals surface area contributed by atoms with Crippen molar-refractivity contribution in [2.75, 3.05) is 13.6 Å². The first kappa shape index (κ1) is 22.1. The van der Waals surface area contributed by atoms with E-state index in [4.69, 9.17) is 9.84 Å². The summed E-state index contributed by atoms with van der Waals surface area (Å²) in [5, 5.41) is 11.5. The maximum atomic E-state index is 6.00. The quantitative estimate of drug-likeness (QED) is 0.307. The standard InChI is InChI=1S/C23H27N5O.HI/c1-16-21(17(2)28(27-16)19-10-5-4-6-11-19)15-26-23(24-3)25-14-20-13-18-9-7-8-12-22(18)29-20;/h4-12,20H,13-15H2,1-3H3,(H2,24,25,26);1H. The van der Waals surface area contributed by atoms with Crippen LogP contribution in [0.1, 0.15) is 22.5 Å². The Morgan fingerprint density at radius 3 is 2.57 bits per heavy atom. The van der Waals surface area contributed by atoms with Crippen molar-refractivity contribution in [3.05, 3.63) is 77.1 Å². The molecule has 1 aromatic heterocycles. The molecule has 30 heavy (non-hydrogen) atoms. The van der Waals surface area contributed by atoms with E-state index in [1.165, 1.54) is 11.1 Å². The van der Waals surface area contributed by atoms with Gasteiger partial charge in [-0.05, 0) is 37.6 Å². The molecule has 1 aliphatic rings. The molecule has 2 aromatic carbocycles. The average Bonchev–Trinajstić information content (AvgIpc) is 3.29. The summed E-state index contributed by atoms with van der Waals surface area (Å²) in [4.78, 5) is 4.35. The topological polar surface area (TPSA) is 63.5 Å². The normalized spacial score (nSPS) is 15.2. The lowest BCUT2D eigenvalue weighted by Crippen LogP contribution is -2.42. The number of hydrogen-bond acceptors (Lipinski definition) is 3. The van der Waals surface area contributed by atoms with Crippen LogP contribution in [0.4, 0.5) is 0 Å². The maximum Gasteiger partial charge on any atom is 0.191 e. The fourth-order valence-electron chi connectivity index (χ4n) is 3.72. The first-order valence-electron chi connectivity index (χ1n) is 9.95. The number of rotatable bonds is 5. The number of aryl methyl sites for hydroxylation is 1. The van der Waals surface area contributed by atoms with E-state index in [2.05, 4.69) is 46.8 Å². The molecule has 4 rings (SSSR count). The first-order valence-corrected chi connectivity index (χ1v) is 9.95. The van der Waals surface area contributed by atoms with Crippen LogP contribution in [-0.4, -0.2) is 35.4 Å². The molecule has 0 saturated heterocycles. The lowest BCUT2D eigenvalue weighted by molar-refractivity contribution is 0.235. The number of hydrogen-bond donors (Lipinski definition) is 2. The van der Waals surface area contributed by atoms with Gasteiger partial charge in [-0.2, -0.15) is 5.10 Å². The number of nitrogens with one attached hydrogen (secondary N) is 2. The zero-order valence-electron chi connectivity index (χ0n) is 17.6. The molecule has 3 aromatic rings. The van der Waals surface area contributed by atoms with Gasteiger partial charge in [-0.15, -0.1) is 24.0 Å². The monoisotopic (exact) mass is 517 g/mol. The molecular weight excluding hydrogens is 489 g/mol. The second kappa shape index (κ2) is 9.97. The molecule has 0 aliphatic carbocycles. The smallest absolute Gasteiger partial charge is 0.191 e. The molecule has 0 radical (unpaired) electrons. The fraction of sp³-hybridized carbons (Fsp3) is 0.304.